The van der Waals surface area contributed by atoms with Gasteiger partial charge in [-0.05, 0) is 38.0 Å². The molecule has 4 nitrogen and oxygen atoms in total. The Morgan fingerprint density at radius 3 is 2.95 bits per heavy atom. The Hall–Kier alpha value is -1.55. The molecule has 1 fully saturated rings. The molecule has 1 aromatic rings. The molecular formula is C17H24N2O2. The normalized spacial score (nSPS) is 22.0. The second-order valence-electron chi connectivity index (χ2n) is 6.16. The summed E-state index contributed by atoms with van der Waals surface area (Å²) in [6, 6.07) is 6.18. The Balaban J connectivity index is 1.59. The van der Waals surface area contributed by atoms with Crippen LogP contribution in [0.4, 0.5) is 5.69 Å². The molecule has 1 aromatic carbocycles. The maximum absolute atomic E-state index is 12.3. The van der Waals surface area contributed by atoms with Crippen molar-refractivity contribution in [1.82, 2.24) is 5.32 Å². The molecule has 1 saturated carbocycles. The van der Waals surface area contributed by atoms with Gasteiger partial charge in [0.25, 0.3) is 0 Å². The summed E-state index contributed by atoms with van der Waals surface area (Å²) in [5, 5.41) is 6.72. The van der Waals surface area contributed by atoms with Crippen molar-refractivity contribution in [2.75, 3.05) is 18.4 Å². The number of ether oxygens (including phenoxy) is 1. The molecule has 1 aliphatic heterocycles. The van der Waals surface area contributed by atoms with E-state index in [1.54, 1.807) is 0 Å². The van der Waals surface area contributed by atoms with E-state index in [2.05, 4.69) is 10.6 Å². The molecule has 0 amide bonds. The van der Waals surface area contributed by atoms with Crippen molar-refractivity contribution >= 4 is 11.5 Å². The van der Waals surface area contributed by atoms with E-state index in [4.69, 9.17) is 4.74 Å². The zero-order valence-corrected chi connectivity index (χ0v) is 12.7. The third-order valence-electron chi connectivity index (χ3n) is 4.37. The van der Waals surface area contributed by atoms with E-state index >= 15 is 0 Å². The van der Waals surface area contributed by atoms with Gasteiger partial charge in [0.2, 0.25) is 0 Å². The Labute approximate surface area is 126 Å². The molecule has 4 heteroatoms. The number of carbonyl (C=O) groups excluding carboxylic acids is 1. The van der Waals surface area contributed by atoms with Crippen LogP contribution in [0.2, 0.25) is 0 Å². The van der Waals surface area contributed by atoms with Crippen LogP contribution in [0.15, 0.2) is 18.2 Å². The van der Waals surface area contributed by atoms with Gasteiger partial charge in [0.1, 0.15) is 11.9 Å². The predicted octanol–water partition coefficient (Wildman–Crippen LogP) is 2.98. The number of Topliss-reactive ketones (excluding diaryl/α,β-unsaturated/α-hetero) is 1. The van der Waals surface area contributed by atoms with E-state index in [9.17, 15) is 4.79 Å². The molecule has 0 radical (unpaired) electrons. The number of anilines is 1. The highest BCUT2D eigenvalue weighted by molar-refractivity contribution is 5.98. The minimum absolute atomic E-state index is 0.156. The molecule has 0 saturated heterocycles. The number of ketones is 1. The average molecular weight is 288 g/mol. The van der Waals surface area contributed by atoms with Crippen molar-refractivity contribution in [1.29, 1.82) is 0 Å². The highest BCUT2D eigenvalue weighted by atomic mass is 16.5. The molecule has 1 aliphatic carbocycles. The number of hydrogen-bond acceptors (Lipinski definition) is 4. The topological polar surface area (TPSA) is 50.4 Å². The molecule has 21 heavy (non-hydrogen) atoms. The smallest absolute Gasteiger partial charge is 0.176 e. The van der Waals surface area contributed by atoms with Gasteiger partial charge in [-0.3, -0.25) is 4.79 Å². The Morgan fingerprint density at radius 1 is 1.33 bits per heavy atom. The minimum atomic E-state index is 0.156. The lowest BCUT2D eigenvalue weighted by Crippen LogP contribution is -2.35. The summed E-state index contributed by atoms with van der Waals surface area (Å²) in [6.07, 6.45) is 6.47. The van der Waals surface area contributed by atoms with Crippen LogP contribution in [-0.2, 0) is 0 Å². The first-order valence-electron chi connectivity index (χ1n) is 8.03. The van der Waals surface area contributed by atoms with E-state index in [0.717, 1.165) is 23.5 Å². The first-order chi connectivity index (χ1) is 10.2. The van der Waals surface area contributed by atoms with Crippen molar-refractivity contribution < 1.29 is 9.53 Å². The SMILES string of the molecule is CC1CNc2cc(C(=O)CNC3CCCCC3)ccc2O1. The Bertz CT molecular complexity index is 510. The summed E-state index contributed by atoms with van der Waals surface area (Å²) in [7, 11) is 0. The van der Waals surface area contributed by atoms with Crippen LogP contribution in [0.1, 0.15) is 49.4 Å². The molecular weight excluding hydrogens is 264 g/mol. The third kappa shape index (κ3) is 3.56. The van der Waals surface area contributed by atoms with Crippen LogP contribution in [0, 0.1) is 0 Å². The van der Waals surface area contributed by atoms with Crippen LogP contribution >= 0.6 is 0 Å². The molecule has 1 heterocycles. The fourth-order valence-electron chi connectivity index (χ4n) is 3.10. The lowest BCUT2D eigenvalue weighted by molar-refractivity contribution is 0.0984. The van der Waals surface area contributed by atoms with Crippen molar-refractivity contribution in [3.05, 3.63) is 23.8 Å². The summed E-state index contributed by atoms with van der Waals surface area (Å²) >= 11 is 0. The monoisotopic (exact) mass is 288 g/mol. The van der Waals surface area contributed by atoms with Crippen molar-refractivity contribution in [2.24, 2.45) is 0 Å². The van der Waals surface area contributed by atoms with Gasteiger partial charge in [0.15, 0.2) is 5.78 Å². The summed E-state index contributed by atoms with van der Waals surface area (Å²) < 4.78 is 5.73. The van der Waals surface area contributed by atoms with Gasteiger partial charge >= 0.3 is 0 Å². The number of carbonyl (C=O) groups is 1. The quantitative estimate of drug-likeness (QED) is 0.836. The van der Waals surface area contributed by atoms with Crippen LogP contribution in [-0.4, -0.2) is 31.0 Å². The van der Waals surface area contributed by atoms with Crippen LogP contribution in [0.25, 0.3) is 0 Å². The zero-order valence-electron chi connectivity index (χ0n) is 12.7. The Morgan fingerprint density at radius 2 is 2.14 bits per heavy atom. The molecule has 1 unspecified atom stereocenters. The molecule has 3 rings (SSSR count). The first-order valence-corrected chi connectivity index (χ1v) is 8.03. The largest absolute Gasteiger partial charge is 0.487 e. The number of nitrogens with one attached hydrogen (secondary N) is 2. The summed E-state index contributed by atoms with van der Waals surface area (Å²) in [5.41, 5.74) is 1.68. The summed E-state index contributed by atoms with van der Waals surface area (Å²) in [5.74, 6) is 0.995. The van der Waals surface area contributed by atoms with Crippen LogP contribution in [0.5, 0.6) is 5.75 Å². The molecule has 2 aliphatic rings. The van der Waals surface area contributed by atoms with Crippen molar-refractivity contribution in [3.63, 3.8) is 0 Å². The second-order valence-corrected chi connectivity index (χ2v) is 6.16. The fraction of sp³-hybridized carbons (Fsp3) is 0.588. The van der Waals surface area contributed by atoms with Crippen LogP contribution < -0.4 is 15.4 Å². The van der Waals surface area contributed by atoms with E-state index in [0.29, 0.717) is 12.6 Å². The van der Waals surface area contributed by atoms with Gasteiger partial charge in [0.05, 0.1) is 18.8 Å². The number of fused-ring (bicyclic) bond motifs is 1. The van der Waals surface area contributed by atoms with E-state index in [1.807, 2.05) is 25.1 Å². The molecule has 0 bridgehead atoms. The van der Waals surface area contributed by atoms with Gasteiger partial charge in [-0.1, -0.05) is 19.3 Å². The summed E-state index contributed by atoms with van der Waals surface area (Å²) in [6.45, 7) is 3.24. The number of benzene rings is 1. The lowest BCUT2D eigenvalue weighted by atomic mass is 9.95. The molecule has 0 spiro atoms. The van der Waals surface area contributed by atoms with Gasteiger partial charge in [-0.15, -0.1) is 0 Å². The maximum Gasteiger partial charge on any atom is 0.176 e. The van der Waals surface area contributed by atoms with Crippen molar-refractivity contribution in [3.8, 4) is 5.75 Å². The highest BCUT2D eigenvalue weighted by Gasteiger charge is 2.18. The Kier molecular flexibility index (Phi) is 4.44. The van der Waals surface area contributed by atoms with Gasteiger partial charge < -0.3 is 15.4 Å². The third-order valence-corrected chi connectivity index (χ3v) is 4.37. The van der Waals surface area contributed by atoms with Crippen molar-refractivity contribution in [2.45, 2.75) is 51.2 Å². The minimum Gasteiger partial charge on any atom is -0.487 e. The van der Waals surface area contributed by atoms with Crippen LogP contribution in [0.3, 0.4) is 0 Å². The average Bonchev–Trinajstić information content (AvgIpc) is 2.53. The fourth-order valence-corrected chi connectivity index (χ4v) is 3.10. The van der Waals surface area contributed by atoms with E-state index in [-0.39, 0.29) is 11.9 Å². The molecule has 0 aromatic heterocycles. The standard InChI is InChI=1S/C17H24N2O2/c1-12-10-19-15-9-13(7-8-17(15)21-12)16(20)11-18-14-5-3-2-4-6-14/h7-9,12,14,18-19H,2-6,10-11H2,1H3. The van der Waals surface area contributed by atoms with E-state index < -0.39 is 0 Å². The maximum atomic E-state index is 12.3. The van der Waals surface area contributed by atoms with Gasteiger partial charge in [-0.2, -0.15) is 0 Å². The predicted molar refractivity (Wildman–Crippen MR) is 84.2 cm³/mol. The lowest BCUT2D eigenvalue weighted by Gasteiger charge is -2.25. The molecule has 114 valence electrons. The first kappa shape index (κ1) is 14.4. The van der Waals surface area contributed by atoms with Gasteiger partial charge in [0, 0.05) is 11.6 Å². The zero-order chi connectivity index (χ0) is 14.7. The second kappa shape index (κ2) is 6.48. The molecule has 1 atom stereocenters. The van der Waals surface area contributed by atoms with E-state index in [1.165, 1.54) is 32.1 Å². The number of rotatable bonds is 4. The summed E-state index contributed by atoms with van der Waals surface area (Å²) in [4.78, 5) is 12.3. The number of hydrogen-bond donors (Lipinski definition) is 2. The van der Waals surface area contributed by atoms with Gasteiger partial charge in [-0.25, -0.2) is 0 Å². The molecule has 2 N–H and O–H groups in total. The highest BCUT2D eigenvalue weighted by Crippen LogP contribution is 2.30.